The second-order valence-electron chi connectivity index (χ2n) is 4.12. The highest BCUT2D eigenvalue weighted by atomic mass is 35.5. The molecular weight excluding hydrogens is 226 g/mol. The lowest BCUT2D eigenvalue weighted by Crippen LogP contribution is -2.33. The molecule has 0 unspecified atom stereocenters. The van der Waals surface area contributed by atoms with Gasteiger partial charge in [0.05, 0.1) is 4.34 Å². The molecule has 0 radical (unpaired) electrons. The lowest BCUT2D eigenvalue weighted by atomic mass is 9.78. The van der Waals surface area contributed by atoms with E-state index in [2.05, 4.69) is 25.2 Å². The van der Waals surface area contributed by atoms with Crippen molar-refractivity contribution in [2.75, 3.05) is 13.6 Å². The van der Waals surface area contributed by atoms with Crippen LogP contribution in [-0.2, 0) is 6.42 Å². The van der Waals surface area contributed by atoms with Crippen LogP contribution in [0.3, 0.4) is 0 Å². The molecule has 1 nitrogen and oxygen atoms in total. The minimum Gasteiger partial charge on any atom is -0.319 e. The predicted octanol–water partition coefficient (Wildman–Crippen LogP) is 3.97. The van der Waals surface area contributed by atoms with Crippen LogP contribution in [0.25, 0.3) is 0 Å². The topological polar surface area (TPSA) is 12.0 Å². The molecule has 0 aliphatic heterocycles. The van der Waals surface area contributed by atoms with Crippen molar-refractivity contribution in [1.29, 1.82) is 0 Å². The summed E-state index contributed by atoms with van der Waals surface area (Å²) in [5, 5.41) is 3.31. The lowest BCUT2D eigenvalue weighted by molar-refractivity contribution is 0.255. The van der Waals surface area contributed by atoms with E-state index in [9.17, 15) is 0 Å². The largest absolute Gasteiger partial charge is 0.319 e. The monoisotopic (exact) mass is 245 g/mol. The molecule has 0 aliphatic rings. The first-order valence-electron chi connectivity index (χ1n) is 5.54. The van der Waals surface area contributed by atoms with E-state index in [4.69, 9.17) is 11.6 Å². The molecule has 1 rings (SSSR count). The summed E-state index contributed by atoms with van der Waals surface area (Å²) in [6.07, 6.45) is 3.55. The maximum Gasteiger partial charge on any atom is 0.0931 e. The highest BCUT2D eigenvalue weighted by molar-refractivity contribution is 7.16. The van der Waals surface area contributed by atoms with Gasteiger partial charge in [-0.15, -0.1) is 11.3 Å². The summed E-state index contributed by atoms with van der Waals surface area (Å²) in [4.78, 5) is 1.40. The highest BCUT2D eigenvalue weighted by Crippen LogP contribution is 2.33. The molecule has 0 aliphatic carbocycles. The lowest BCUT2D eigenvalue weighted by Gasteiger charge is -2.31. The maximum atomic E-state index is 5.96. The quantitative estimate of drug-likeness (QED) is 0.800. The molecule has 3 heteroatoms. The summed E-state index contributed by atoms with van der Waals surface area (Å²) in [5.74, 6) is 0. The van der Waals surface area contributed by atoms with Crippen LogP contribution in [0.4, 0.5) is 0 Å². The van der Waals surface area contributed by atoms with Crippen molar-refractivity contribution in [3.8, 4) is 0 Å². The zero-order chi connectivity index (χ0) is 11.3. The van der Waals surface area contributed by atoms with E-state index in [-0.39, 0.29) is 0 Å². The van der Waals surface area contributed by atoms with Crippen LogP contribution in [0.2, 0.25) is 4.34 Å². The Kier molecular flexibility index (Phi) is 5.10. The van der Waals surface area contributed by atoms with Crippen molar-refractivity contribution >= 4 is 22.9 Å². The van der Waals surface area contributed by atoms with Gasteiger partial charge in [0, 0.05) is 11.4 Å². The molecule has 15 heavy (non-hydrogen) atoms. The average Bonchev–Trinajstić information content (AvgIpc) is 2.63. The van der Waals surface area contributed by atoms with Crippen LogP contribution >= 0.6 is 22.9 Å². The molecule has 0 saturated heterocycles. The molecule has 0 spiro atoms. The third-order valence-corrected chi connectivity index (χ3v) is 4.46. The Morgan fingerprint density at radius 2 is 2.00 bits per heavy atom. The Balaban J connectivity index is 2.73. The Bertz CT molecular complexity index is 292. The van der Waals surface area contributed by atoms with Crippen molar-refractivity contribution < 1.29 is 0 Å². The standard InChI is InChI=1S/C12H20ClNS/c1-4-12(5-2,9-14-3)8-10-6-7-11(13)15-10/h6-7,14H,4-5,8-9H2,1-3H3. The first-order valence-corrected chi connectivity index (χ1v) is 6.74. The fourth-order valence-electron chi connectivity index (χ4n) is 2.00. The molecule has 0 saturated carbocycles. The number of halogens is 1. The van der Waals surface area contributed by atoms with Crippen LogP contribution in [0.5, 0.6) is 0 Å². The number of hydrogen-bond acceptors (Lipinski definition) is 2. The summed E-state index contributed by atoms with van der Waals surface area (Å²) < 4.78 is 0.899. The zero-order valence-electron chi connectivity index (χ0n) is 9.77. The van der Waals surface area contributed by atoms with Gasteiger partial charge in [0.1, 0.15) is 0 Å². The fourth-order valence-corrected chi connectivity index (χ4v) is 3.27. The van der Waals surface area contributed by atoms with Crippen LogP contribution in [0, 0.1) is 5.41 Å². The van der Waals surface area contributed by atoms with Crippen LogP contribution in [0.15, 0.2) is 12.1 Å². The maximum absolute atomic E-state index is 5.96. The summed E-state index contributed by atoms with van der Waals surface area (Å²) in [6.45, 7) is 5.63. The molecule has 0 amide bonds. The molecule has 0 aromatic carbocycles. The third kappa shape index (κ3) is 3.47. The summed E-state index contributed by atoms with van der Waals surface area (Å²) in [6, 6.07) is 4.15. The molecular formula is C12H20ClNS. The second-order valence-corrected chi connectivity index (χ2v) is 5.92. The van der Waals surface area contributed by atoms with Crippen LogP contribution < -0.4 is 5.32 Å². The molecule has 0 fully saturated rings. The molecule has 0 bridgehead atoms. The first-order chi connectivity index (χ1) is 7.15. The normalized spacial score (nSPS) is 12.0. The van der Waals surface area contributed by atoms with Crippen LogP contribution in [0.1, 0.15) is 31.6 Å². The summed E-state index contributed by atoms with van der Waals surface area (Å²) in [7, 11) is 2.03. The van der Waals surface area contributed by atoms with Gasteiger partial charge in [-0.2, -0.15) is 0 Å². The van der Waals surface area contributed by atoms with Gasteiger partial charge in [0.25, 0.3) is 0 Å². The fraction of sp³-hybridized carbons (Fsp3) is 0.667. The molecule has 0 atom stereocenters. The van der Waals surface area contributed by atoms with E-state index < -0.39 is 0 Å². The zero-order valence-corrected chi connectivity index (χ0v) is 11.3. The van der Waals surface area contributed by atoms with E-state index in [1.54, 1.807) is 11.3 Å². The van der Waals surface area contributed by atoms with Gasteiger partial charge in [-0.05, 0) is 43.9 Å². The smallest absolute Gasteiger partial charge is 0.0931 e. The van der Waals surface area contributed by atoms with Crippen molar-refractivity contribution in [1.82, 2.24) is 5.32 Å². The Labute approximate surface area is 102 Å². The van der Waals surface area contributed by atoms with E-state index in [0.717, 1.165) is 17.3 Å². The van der Waals surface area contributed by atoms with Crippen molar-refractivity contribution in [2.24, 2.45) is 5.41 Å². The highest BCUT2D eigenvalue weighted by Gasteiger charge is 2.26. The third-order valence-electron chi connectivity index (χ3n) is 3.23. The Morgan fingerprint density at radius 1 is 1.33 bits per heavy atom. The van der Waals surface area contributed by atoms with Gasteiger partial charge in [0.15, 0.2) is 0 Å². The minimum absolute atomic E-state index is 0.392. The second kappa shape index (κ2) is 5.88. The Hall–Kier alpha value is -0.0500. The molecule has 1 N–H and O–H groups in total. The predicted molar refractivity (Wildman–Crippen MR) is 70.0 cm³/mol. The minimum atomic E-state index is 0.392. The van der Waals surface area contributed by atoms with Gasteiger partial charge in [-0.3, -0.25) is 0 Å². The first kappa shape index (κ1) is 13.0. The molecule has 1 aromatic heterocycles. The molecule has 86 valence electrons. The number of thiophene rings is 1. The van der Waals surface area contributed by atoms with Gasteiger partial charge < -0.3 is 5.32 Å². The SMILES string of the molecule is CCC(CC)(CNC)Cc1ccc(Cl)s1. The van der Waals surface area contributed by atoms with Gasteiger partial charge in [0.2, 0.25) is 0 Å². The van der Waals surface area contributed by atoms with E-state index in [1.807, 2.05) is 13.1 Å². The number of rotatable bonds is 6. The van der Waals surface area contributed by atoms with Gasteiger partial charge in [-0.25, -0.2) is 0 Å². The van der Waals surface area contributed by atoms with Crippen molar-refractivity contribution in [2.45, 2.75) is 33.1 Å². The summed E-state index contributed by atoms with van der Waals surface area (Å²) in [5.41, 5.74) is 0.392. The van der Waals surface area contributed by atoms with Crippen molar-refractivity contribution in [3.63, 3.8) is 0 Å². The van der Waals surface area contributed by atoms with E-state index >= 15 is 0 Å². The average molecular weight is 246 g/mol. The number of nitrogens with one attached hydrogen (secondary N) is 1. The van der Waals surface area contributed by atoms with Crippen molar-refractivity contribution in [3.05, 3.63) is 21.3 Å². The van der Waals surface area contributed by atoms with Crippen LogP contribution in [-0.4, -0.2) is 13.6 Å². The summed E-state index contributed by atoms with van der Waals surface area (Å²) >= 11 is 7.66. The van der Waals surface area contributed by atoms with Gasteiger partial charge >= 0.3 is 0 Å². The van der Waals surface area contributed by atoms with Gasteiger partial charge in [-0.1, -0.05) is 25.4 Å². The molecule has 1 aromatic rings. The number of hydrogen-bond donors (Lipinski definition) is 1. The van der Waals surface area contributed by atoms with E-state index in [1.165, 1.54) is 17.7 Å². The van der Waals surface area contributed by atoms with E-state index in [0.29, 0.717) is 5.41 Å². The molecule has 1 heterocycles. The Morgan fingerprint density at radius 3 is 2.40 bits per heavy atom.